The van der Waals surface area contributed by atoms with E-state index in [-0.39, 0.29) is 0 Å². The number of carboxylic acids is 1. The number of hydrogen-bond acceptors (Lipinski definition) is 2. The van der Waals surface area contributed by atoms with E-state index in [0.29, 0.717) is 0 Å². The fourth-order valence-electron chi connectivity index (χ4n) is 1.51. The molecular formula is C12H25NO2. The lowest BCUT2D eigenvalue weighted by Crippen LogP contribution is -2.33. The van der Waals surface area contributed by atoms with Gasteiger partial charge >= 0.3 is 5.97 Å². The highest BCUT2D eigenvalue weighted by molar-refractivity contribution is 5.73. The van der Waals surface area contributed by atoms with Gasteiger partial charge in [-0.1, -0.05) is 13.8 Å². The summed E-state index contributed by atoms with van der Waals surface area (Å²) in [5, 5.41) is 9.00. The molecule has 0 aliphatic carbocycles. The van der Waals surface area contributed by atoms with E-state index >= 15 is 0 Å². The summed E-state index contributed by atoms with van der Waals surface area (Å²) in [5.74, 6) is -0.699. The van der Waals surface area contributed by atoms with E-state index in [2.05, 4.69) is 18.7 Å². The Morgan fingerprint density at radius 1 is 1.13 bits per heavy atom. The molecule has 15 heavy (non-hydrogen) atoms. The highest BCUT2D eigenvalue weighted by Gasteiger charge is 2.27. The SMILES string of the molecule is CCCN(CCC)CCC(C)(C)C(=O)O. The van der Waals surface area contributed by atoms with Crippen molar-refractivity contribution in [2.45, 2.75) is 47.0 Å². The average Bonchev–Trinajstić information content (AvgIpc) is 2.15. The molecule has 0 aliphatic heterocycles. The zero-order chi connectivity index (χ0) is 11.9. The van der Waals surface area contributed by atoms with Crippen molar-refractivity contribution in [3.63, 3.8) is 0 Å². The smallest absolute Gasteiger partial charge is 0.309 e. The lowest BCUT2D eigenvalue weighted by atomic mass is 9.89. The average molecular weight is 215 g/mol. The lowest BCUT2D eigenvalue weighted by Gasteiger charge is -2.26. The molecule has 0 radical (unpaired) electrons. The van der Waals surface area contributed by atoms with Gasteiger partial charge in [-0.15, -0.1) is 0 Å². The van der Waals surface area contributed by atoms with Crippen LogP contribution >= 0.6 is 0 Å². The number of rotatable bonds is 8. The second kappa shape index (κ2) is 6.83. The van der Waals surface area contributed by atoms with Gasteiger partial charge in [0.2, 0.25) is 0 Å². The van der Waals surface area contributed by atoms with Crippen LogP contribution in [0.25, 0.3) is 0 Å². The minimum Gasteiger partial charge on any atom is -0.481 e. The van der Waals surface area contributed by atoms with E-state index in [1.54, 1.807) is 13.8 Å². The third kappa shape index (κ3) is 5.78. The Morgan fingerprint density at radius 2 is 1.60 bits per heavy atom. The molecule has 3 heteroatoms. The maximum Gasteiger partial charge on any atom is 0.309 e. The zero-order valence-electron chi connectivity index (χ0n) is 10.5. The standard InChI is InChI=1S/C12H25NO2/c1-5-8-13(9-6-2)10-7-12(3,4)11(14)15/h5-10H2,1-4H3,(H,14,15). The Hall–Kier alpha value is -0.570. The molecule has 3 nitrogen and oxygen atoms in total. The number of carboxylic acid groups (broad SMARTS) is 1. The third-order valence-electron chi connectivity index (χ3n) is 2.71. The molecule has 0 aliphatic rings. The minimum atomic E-state index is -0.699. The molecular weight excluding hydrogens is 190 g/mol. The van der Waals surface area contributed by atoms with Gasteiger partial charge in [0.1, 0.15) is 0 Å². The summed E-state index contributed by atoms with van der Waals surface area (Å²) in [7, 11) is 0. The molecule has 0 spiro atoms. The Kier molecular flexibility index (Phi) is 6.57. The summed E-state index contributed by atoms with van der Waals surface area (Å²) in [6.07, 6.45) is 2.99. The summed E-state index contributed by atoms with van der Waals surface area (Å²) >= 11 is 0. The highest BCUT2D eigenvalue weighted by atomic mass is 16.4. The van der Waals surface area contributed by atoms with Crippen molar-refractivity contribution in [3.05, 3.63) is 0 Å². The molecule has 1 N–H and O–H groups in total. The molecule has 0 saturated carbocycles. The largest absolute Gasteiger partial charge is 0.481 e. The highest BCUT2D eigenvalue weighted by Crippen LogP contribution is 2.20. The topological polar surface area (TPSA) is 40.5 Å². The van der Waals surface area contributed by atoms with Crippen molar-refractivity contribution in [1.82, 2.24) is 4.90 Å². The quantitative estimate of drug-likeness (QED) is 0.676. The summed E-state index contributed by atoms with van der Waals surface area (Å²) in [4.78, 5) is 13.3. The summed E-state index contributed by atoms with van der Waals surface area (Å²) in [6.45, 7) is 10.9. The zero-order valence-corrected chi connectivity index (χ0v) is 10.5. The van der Waals surface area contributed by atoms with Crippen LogP contribution in [0.5, 0.6) is 0 Å². The van der Waals surface area contributed by atoms with E-state index in [4.69, 9.17) is 5.11 Å². The molecule has 0 aromatic heterocycles. The first-order valence-corrected chi connectivity index (χ1v) is 5.89. The first-order chi connectivity index (χ1) is 6.94. The van der Waals surface area contributed by atoms with Crippen molar-refractivity contribution in [2.75, 3.05) is 19.6 Å². The first-order valence-electron chi connectivity index (χ1n) is 5.89. The molecule has 0 aromatic rings. The van der Waals surface area contributed by atoms with Gasteiger partial charge in [-0.05, 0) is 52.7 Å². The van der Waals surface area contributed by atoms with Gasteiger partial charge in [0.25, 0.3) is 0 Å². The van der Waals surface area contributed by atoms with Crippen LogP contribution in [-0.4, -0.2) is 35.6 Å². The minimum absolute atomic E-state index is 0.597. The summed E-state index contributed by atoms with van der Waals surface area (Å²) in [5.41, 5.74) is -0.597. The lowest BCUT2D eigenvalue weighted by molar-refractivity contribution is -0.147. The predicted molar refractivity (Wildman–Crippen MR) is 63.1 cm³/mol. The van der Waals surface area contributed by atoms with Crippen LogP contribution < -0.4 is 0 Å². The van der Waals surface area contributed by atoms with Crippen LogP contribution in [0.4, 0.5) is 0 Å². The predicted octanol–water partition coefficient (Wildman–Crippen LogP) is 2.61. The maximum atomic E-state index is 10.9. The monoisotopic (exact) mass is 215 g/mol. The molecule has 0 rings (SSSR count). The van der Waals surface area contributed by atoms with Crippen molar-refractivity contribution >= 4 is 5.97 Å². The summed E-state index contributed by atoms with van der Waals surface area (Å²) in [6, 6.07) is 0. The molecule has 0 unspecified atom stereocenters. The molecule has 0 amide bonds. The fraction of sp³-hybridized carbons (Fsp3) is 0.917. The van der Waals surface area contributed by atoms with Gasteiger partial charge < -0.3 is 10.0 Å². The molecule has 0 heterocycles. The third-order valence-corrected chi connectivity index (χ3v) is 2.71. The van der Waals surface area contributed by atoms with Crippen LogP contribution in [0, 0.1) is 5.41 Å². The van der Waals surface area contributed by atoms with Crippen molar-refractivity contribution < 1.29 is 9.90 Å². The number of aliphatic carboxylic acids is 1. The number of hydrogen-bond donors (Lipinski definition) is 1. The summed E-state index contributed by atoms with van der Waals surface area (Å²) < 4.78 is 0. The normalized spacial score (nSPS) is 12.1. The van der Waals surface area contributed by atoms with E-state index in [0.717, 1.165) is 38.9 Å². The van der Waals surface area contributed by atoms with E-state index in [1.165, 1.54) is 0 Å². The van der Waals surface area contributed by atoms with Crippen molar-refractivity contribution in [1.29, 1.82) is 0 Å². The molecule has 0 fully saturated rings. The van der Waals surface area contributed by atoms with Crippen LogP contribution in [0.2, 0.25) is 0 Å². The van der Waals surface area contributed by atoms with Gasteiger partial charge in [0.05, 0.1) is 5.41 Å². The van der Waals surface area contributed by atoms with Crippen molar-refractivity contribution in [3.8, 4) is 0 Å². The van der Waals surface area contributed by atoms with Crippen LogP contribution in [0.15, 0.2) is 0 Å². The van der Waals surface area contributed by atoms with Gasteiger partial charge in [-0.2, -0.15) is 0 Å². The Balaban J connectivity index is 4.02. The number of nitrogens with zero attached hydrogens (tertiary/aromatic N) is 1. The van der Waals surface area contributed by atoms with Gasteiger partial charge in [0, 0.05) is 0 Å². The second-order valence-corrected chi connectivity index (χ2v) is 4.78. The first kappa shape index (κ1) is 14.4. The fourth-order valence-corrected chi connectivity index (χ4v) is 1.51. The Bertz CT molecular complexity index is 184. The van der Waals surface area contributed by atoms with Crippen molar-refractivity contribution in [2.24, 2.45) is 5.41 Å². The van der Waals surface area contributed by atoms with Crippen LogP contribution in [-0.2, 0) is 4.79 Å². The maximum absolute atomic E-state index is 10.9. The van der Waals surface area contributed by atoms with Gasteiger partial charge in [-0.3, -0.25) is 4.79 Å². The van der Waals surface area contributed by atoms with Gasteiger partial charge in [-0.25, -0.2) is 0 Å². The molecule has 0 aromatic carbocycles. The van der Waals surface area contributed by atoms with Gasteiger partial charge in [0.15, 0.2) is 0 Å². The molecule has 0 saturated heterocycles. The van der Waals surface area contributed by atoms with E-state index in [1.807, 2.05) is 0 Å². The van der Waals surface area contributed by atoms with E-state index in [9.17, 15) is 4.79 Å². The second-order valence-electron chi connectivity index (χ2n) is 4.78. The van der Waals surface area contributed by atoms with E-state index < -0.39 is 11.4 Å². The molecule has 0 bridgehead atoms. The molecule has 0 atom stereocenters. The Morgan fingerprint density at radius 3 is 1.93 bits per heavy atom. The van der Waals surface area contributed by atoms with Crippen LogP contribution in [0.1, 0.15) is 47.0 Å². The number of carbonyl (C=O) groups is 1. The Labute approximate surface area is 93.5 Å². The molecule has 90 valence electrons. The van der Waals surface area contributed by atoms with Crippen LogP contribution in [0.3, 0.4) is 0 Å².